The van der Waals surface area contributed by atoms with E-state index in [4.69, 9.17) is 14.2 Å². The lowest BCUT2D eigenvalue weighted by molar-refractivity contribution is -0.140. The SMILES string of the molecule is CC(C)(C)OC(=O)NC(C(=O)N1CCOCC1)C1CCOCC1. The predicted molar refractivity (Wildman–Crippen MR) is 84.1 cm³/mol. The van der Waals surface area contributed by atoms with Crippen molar-refractivity contribution in [2.45, 2.75) is 45.3 Å². The molecule has 1 unspecified atom stereocenters. The molecule has 2 heterocycles. The number of nitrogens with one attached hydrogen (secondary N) is 1. The lowest BCUT2D eigenvalue weighted by atomic mass is 9.90. The molecule has 2 fully saturated rings. The number of carbonyl (C=O) groups excluding carboxylic acids is 2. The molecule has 0 aliphatic carbocycles. The Balaban J connectivity index is 2.04. The summed E-state index contributed by atoms with van der Waals surface area (Å²) in [6, 6.07) is -0.563. The van der Waals surface area contributed by atoms with Gasteiger partial charge in [-0.05, 0) is 39.5 Å². The molecule has 0 aromatic rings. The highest BCUT2D eigenvalue weighted by molar-refractivity contribution is 5.86. The fourth-order valence-electron chi connectivity index (χ4n) is 2.85. The Kier molecular flexibility index (Phi) is 6.24. The van der Waals surface area contributed by atoms with Gasteiger partial charge in [-0.3, -0.25) is 4.79 Å². The van der Waals surface area contributed by atoms with Crippen LogP contribution in [0.1, 0.15) is 33.6 Å². The Morgan fingerprint density at radius 3 is 2.22 bits per heavy atom. The highest BCUT2D eigenvalue weighted by Gasteiger charge is 2.35. The third-order valence-electron chi connectivity index (χ3n) is 4.00. The molecule has 2 amide bonds. The highest BCUT2D eigenvalue weighted by atomic mass is 16.6. The third-order valence-corrected chi connectivity index (χ3v) is 4.00. The normalized spacial score (nSPS) is 21.6. The molecule has 0 spiro atoms. The van der Waals surface area contributed by atoms with Crippen LogP contribution < -0.4 is 5.32 Å². The summed E-state index contributed by atoms with van der Waals surface area (Å²) in [6.07, 6.45) is 0.975. The van der Waals surface area contributed by atoms with Gasteiger partial charge in [-0.15, -0.1) is 0 Å². The molecule has 2 aliphatic heterocycles. The van der Waals surface area contributed by atoms with Crippen LogP contribution in [0.5, 0.6) is 0 Å². The summed E-state index contributed by atoms with van der Waals surface area (Å²) in [5.74, 6) is 0.0256. The topological polar surface area (TPSA) is 77.1 Å². The zero-order valence-electron chi connectivity index (χ0n) is 14.3. The Morgan fingerprint density at radius 2 is 1.65 bits per heavy atom. The zero-order valence-corrected chi connectivity index (χ0v) is 14.3. The molecule has 7 nitrogen and oxygen atoms in total. The molecule has 132 valence electrons. The number of morpholine rings is 1. The van der Waals surface area contributed by atoms with E-state index >= 15 is 0 Å². The van der Waals surface area contributed by atoms with Crippen LogP contribution in [0.4, 0.5) is 4.79 Å². The summed E-state index contributed by atoms with van der Waals surface area (Å²) in [7, 11) is 0. The van der Waals surface area contributed by atoms with E-state index in [1.165, 1.54) is 0 Å². The lowest BCUT2D eigenvalue weighted by Crippen LogP contribution is -2.56. The first kappa shape index (κ1) is 18.0. The monoisotopic (exact) mass is 328 g/mol. The number of rotatable bonds is 3. The van der Waals surface area contributed by atoms with Crippen LogP contribution in [-0.2, 0) is 19.0 Å². The first-order chi connectivity index (χ1) is 10.9. The van der Waals surface area contributed by atoms with Gasteiger partial charge in [-0.2, -0.15) is 0 Å². The maximum atomic E-state index is 12.9. The number of alkyl carbamates (subject to hydrolysis) is 1. The molecule has 0 bridgehead atoms. The van der Waals surface area contributed by atoms with E-state index in [-0.39, 0.29) is 11.8 Å². The molecular formula is C16H28N2O5. The Morgan fingerprint density at radius 1 is 1.09 bits per heavy atom. The van der Waals surface area contributed by atoms with Crippen LogP contribution >= 0.6 is 0 Å². The second kappa shape index (κ2) is 7.97. The minimum Gasteiger partial charge on any atom is -0.444 e. The van der Waals surface area contributed by atoms with Gasteiger partial charge >= 0.3 is 6.09 Å². The van der Waals surface area contributed by atoms with Crippen LogP contribution in [0.25, 0.3) is 0 Å². The molecule has 0 aromatic heterocycles. The zero-order chi connectivity index (χ0) is 16.9. The largest absolute Gasteiger partial charge is 0.444 e. The molecule has 1 atom stereocenters. The number of nitrogens with zero attached hydrogens (tertiary/aromatic N) is 1. The first-order valence-electron chi connectivity index (χ1n) is 8.30. The number of carbonyl (C=O) groups is 2. The van der Waals surface area contributed by atoms with Crippen molar-refractivity contribution in [3.63, 3.8) is 0 Å². The first-order valence-corrected chi connectivity index (χ1v) is 8.30. The van der Waals surface area contributed by atoms with Gasteiger partial charge in [-0.25, -0.2) is 4.79 Å². The molecule has 0 saturated carbocycles. The second-order valence-corrected chi connectivity index (χ2v) is 7.01. The van der Waals surface area contributed by atoms with Gasteiger partial charge in [0.1, 0.15) is 11.6 Å². The minimum absolute atomic E-state index is 0.0499. The van der Waals surface area contributed by atoms with Crippen LogP contribution in [0.2, 0.25) is 0 Å². The van der Waals surface area contributed by atoms with Gasteiger partial charge in [0, 0.05) is 26.3 Å². The standard InChI is InChI=1S/C16H28N2O5/c1-16(2,3)23-15(20)17-13(12-4-8-21-9-5-12)14(19)18-6-10-22-11-7-18/h12-13H,4-11H2,1-3H3,(H,17,20). The smallest absolute Gasteiger partial charge is 0.408 e. The average molecular weight is 328 g/mol. The highest BCUT2D eigenvalue weighted by Crippen LogP contribution is 2.21. The minimum atomic E-state index is -0.591. The lowest BCUT2D eigenvalue weighted by Gasteiger charge is -2.35. The van der Waals surface area contributed by atoms with E-state index in [0.717, 1.165) is 12.8 Å². The van der Waals surface area contributed by atoms with E-state index < -0.39 is 17.7 Å². The summed E-state index contributed by atoms with van der Waals surface area (Å²) < 4.78 is 16.0. The van der Waals surface area contributed by atoms with Crippen molar-refractivity contribution in [3.05, 3.63) is 0 Å². The summed E-state index contributed by atoms with van der Waals surface area (Å²) in [4.78, 5) is 26.8. The van der Waals surface area contributed by atoms with Crippen LogP contribution in [0, 0.1) is 5.92 Å². The molecule has 2 saturated heterocycles. The predicted octanol–water partition coefficient (Wildman–Crippen LogP) is 1.17. The Bertz CT molecular complexity index is 409. The van der Waals surface area contributed by atoms with Gasteiger partial charge in [0.2, 0.25) is 5.91 Å². The summed E-state index contributed by atoms with van der Waals surface area (Å²) in [5, 5.41) is 2.79. The van der Waals surface area contributed by atoms with E-state index in [1.807, 2.05) is 0 Å². The van der Waals surface area contributed by atoms with Crippen LogP contribution in [-0.4, -0.2) is 68.1 Å². The quantitative estimate of drug-likeness (QED) is 0.841. The van der Waals surface area contributed by atoms with Crippen LogP contribution in [0.3, 0.4) is 0 Å². The number of hydrogen-bond donors (Lipinski definition) is 1. The van der Waals surface area contributed by atoms with Crippen molar-refractivity contribution in [2.24, 2.45) is 5.92 Å². The molecule has 1 N–H and O–H groups in total. The van der Waals surface area contributed by atoms with E-state index in [1.54, 1.807) is 25.7 Å². The van der Waals surface area contributed by atoms with Crippen LogP contribution in [0.15, 0.2) is 0 Å². The third kappa shape index (κ3) is 5.66. The van der Waals surface area contributed by atoms with Gasteiger partial charge in [-0.1, -0.05) is 0 Å². The van der Waals surface area contributed by atoms with E-state index in [9.17, 15) is 9.59 Å². The van der Waals surface area contributed by atoms with Gasteiger partial charge in [0.15, 0.2) is 0 Å². The van der Waals surface area contributed by atoms with Gasteiger partial charge in [0.05, 0.1) is 13.2 Å². The van der Waals surface area contributed by atoms with Crippen molar-refractivity contribution in [1.82, 2.24) is 10.2 Å². The number of amides is 2. The summed E-state index contributed by atoms with van der Waals surface area (Å²) in [5.41, 5.74) is -0.591. The molecule has 2 aliphatic rings. The molecule has 2 rings (SSSR count). The van der Waals surface area contributed by atoms with Crippen molar-refractivity contribution < 1.29 is 23.8 Å². The summed E-state index contributed by atoms with van der Waals surface area (Å²) >= 11 is 0. The van der Waals surface area contributed by atoms with E-state index in [0.29, 0.717) is 39.5 Å². The van der Waals surface area contributed by atoms with Crippen molar-refractivity contribution in [2.75, 3.05) is 39.5 Å². The van der Waals surface area contributed by atoms with Gasteiger partial charge in [0.25, 0.3) is 0 Å². The molecule has 7 heteroatoms. The Labute approximate surface area is 137 Å². The number of ether oxygens (including phenoxy) is 3. The average Bonchev–Trinajstić information content (AvgIpc) is 2.52. The van der Waals surface area contributed by atoms with Gasteiger partial charge < -0.3 is 24.4 Å². The molecule has 0 aromatic carbocycles. The maximum Gasteiger partial charge on any atom is 0.408 e. The van der Waals surface area contributed by atoms with Crippen molar-refractivity contribution in [1.29, 1.82) is 0 Å². The fourth-order valence-corrected chi connectivity index (χ4v) is 2.85. The second-order valence-electron chi connectivity index (χ2n) is 7.01. The summed E-state index contributed by atoms with van der Waals surface area (Å²) in [6.45, 7) is 8.86. The van der Waals surface area contributed by atoms with E-state index in [2.05, 4.69) is 5.32 Å². The molecule has 23 heavy (non-hydrogen) atoms. The fraction of sp³-hybridized carbons (Fsp3) is 0.875. The maximum absolute atomic E-state index is 12.9. The molecular weight excluding hydrogens is 300 g/mol. The van der Waals surface area contributed by atoms with Crippen molar-refractivity contribution in [3.8, 4) is 0 Å². The Hall–Kier alpha value is -1.34. The molecule has 0 radical (unpaired) electrons. The number of hydrogen-bond acceptors (Lipinski definition) is 5. The van der Waals surface area contributed by atoms with Crippen molar-refractivity contribution >= 4 is 12.0 Å².